The maximum absolute atomic E-state index is 13.4. The third kappa shape index (κ3) is 2.08. The van der Waals surface area contributed by atoms with Crippen LogP contribution in [0.25, 0.3) is 0 Å². The third-order valence-electron chi connectivity index (χ3n) is 3.34. The van der Waals surface area contributed by atoms with Gasteiger partial charge in [-0.1, -0.05) is 12.1 Å². The molecule has 1 unspecified atom stereocenters. The molecule has 2 nitrogen and oxygen atoms in total. The number of hydrogen-bond donors (Lipinski definition) is 0. The second kappa shape index (κ2) is 4.24. The first-order chi connectivity index (χ1) is 7.61. The minimum atomic E-state index is -0.442. The van der Waals surface area contributed by atoms with Crippen LogP contribution in [0.3, 0.4) is 0 Å². The maximum Gasteiger partial charge on any atom is 0.256 e. The number of rotatable bonds is 3. The van der Waals surface area contributed by atoms with Gasteiger partial charge in [-0.25, -0.2) is 4.39 Å². The second-order valence-corrected chi connectivity index (χ2v) is 4.47. The largest absolute Gasteiger partial charge is 0.339 e. The molecular weight excluding hydrogens is 205 g/mol. The molecule has 1 amide bonds. The van der Waals surface area contributed by atoms with Crippen molar-refractivity contribution >= 4 is 5.91 Å². The number of amides is 1. The van der Waals surface area contributed by atoms with Gasteiger partial charge >= 0.3 is 0 Å². The fourth-order valence-electron chi connectivity index (χ4n) is 1.90. The predicted molar refractivity (Wildman–Crippen MR) is 60.7 cm³/mol. The van der Waals surface area contributed by atoms with Gasteiger partial charge in [0.15, 0.2) is 0 Å². The smallest absolute Gasteiger partial charge is 0.256 e. The predicted octanol–water partition coefficient (Wildman–Crippen LogP) is 2.70. The molecule has 0 aliphatic heterocycles. The molecule has 0 N–H and O–H groups in total. The summed E-state index contributed by atoms with van der Waals surface area (Å²) in [6.45, 7) is 2.02. The highest BCUT2D eigenvalue weighted by molar-refractivity contribution is 5.94. The fraction of sp³-hybridized carbons (Fsp3) is 0.462. The van der Waals surface area contributed by atoms with Crippen LogP contribution < -0.4 is 0 Å². The molecule has 0 radical (unpaired) electrons. The van der Waals surface area contributed by atoms with Crippen molar-refractivity contribution in [2.24, 2.45) is 5.92 Å². The normalized spacial score (nSPS) is 16.9. The Balaban J connectivity index is 2.15. The zero-order chi connectivity index (χ0) is 11.7. The molecule has 16 heavy (non-hydrogen) atoms. The van der Waals surface area contributed by atoms with Crippen molar-refractivity contribution < 1.29 is 9.18 Å². The fourth-order valence-corrected chi connectivity index (χ4v) is 1.90. The summed E-state index contributed by atoms with van der Waals surface area (Å²) in [5, 5.41) is 0. The summed E-state index contributed by atoms with van der Waals surface area (Å²) in [6.07, 6.45) is 2.35. The molecule has 3 heteroatoms. The van der Waals surface area contributed by atoms with Crippen LogP contribution in [-0.2, 0) is 0 Å². The first kappa shape index (κ1) is 11.1. The minimum Gasteiger partial charge on any atom is -0.339 e. The Morgan fingerprint density at radius 1 is 1.44 bits per heavy atom. The third-order valence-corrected chi connectivity index (χ3v) is 3.34. The highest BCUT2D eigenvalue weighted by atomic mass is 19.1. The van der Waals surface area contributed by atoms with Crippen molar-refractivity contribution in [3.8, 4) is 0 Å². The van der Waals surface area contributed by atoms with Crippen molar-refractivity contribution in [2.75, 3.05) is 7.05 Å². The number of hydrogen-bond acceptors (Lipinski definition) is 1. The summed E-state index contributed by atoms with van der Waals surface area (Å²) in [6, 6.07) is 6.34. The Morgan fingerprint density at radius 2 is 2.06 bits per heavy atom. The van der Waals surface area contributed by atoms with Crippen molar-refractivity contribution in [2.45, 2.75) is 25.8 Å². The molecule has 86 valence electrons. The van der Waals surface area contributed by atoms with Gasteiger partial charge in [0.1, 0.15) is 5.82 Å². The summed E-state index contributed by atoms with van der Waals surface area (Å²) in [5.41, 5.74) is 0.164. The Hall–Kier alpha value is -1.38. The van der Waals surface area contributed by atoms with Crippen LogP contribution in [0.4, 0.5) is 4.39 Å². The summed E-state index contributed by atoms with van der Waals surface area (Å²) in [7, 11) is 1.75. The lowest BCUT2D eigenvalue weighted by atomic mass is 10.1. The first-order valence-electron chi connectivity index (χ1n) is 5.63. The molecule has 0 heterocycles. The lowest BCUT2D eigenvalue weighted by Crippen LogP contribution is -2.36. The zero-order valence-corrected chi connectivity index (χ0v) is 9.61. The van der Waals surface area contributed by atoms with Crippen molar-refractivity contribution in [1.82, 2.24) is 4.90 Å². The van der Waals surface area contributed by atoms with Crippen molar-refractivity contribution in [3.63, 3.8) is 0 Å². The monoisotopic (exact) mass is 221 g/mol. The second-order valence-electron chi connectivity index (χ2n) is 4.47. The van der Waals surface area contributed by atoms with Crippen molar-refractivity contribution in [1.29, 1.82) is 0 Å². The van der Waals surface area contributed by atoms with E-state index in [1.807, 2.05) is 6.92 Å². The molecule has 1 atom stereocenters. The minimum absolute atomic E-state index is 0.164. The van der Waals surface area contributed by atoms with E-state index in [-0.39, 0.29) is 17.5 Å². The molecule has 1 fully saturated rings. The Labute approximate surface area is 95.1 Å². The van der Waals surface area contributed by atoms with E-state index >= 15 is 0 Å². The molecule has 0 aromatic heterocycles. The van der Waals surface area contributed by atoms with Crippen LogP contribution in [0, 0.1) is 11.7 Å². The van der Waals surface area contributed by atoms with Crippen LogP contribution in [0.2, 0.25) is 0 Å². The van der Waals surface area contributed by atoms with E-state index < -0.39 is 5.82 Å². The Kier molecular flexibility index (Phi) is 2.95. The molecule has 1 aromatic carbocycles. The van der Waals surface area contributed by atoms with E-state index in [4.69, 9.17) is 0 Å². The van der Waals surface area contributed by atoms with Gasteiger partial charge in [-0.15, -0.1) is 0 Å². The number of carbonyl (C=O) groups is 1. The maximum atomic E-state index is 13.4. The van der Waals surface area contributed by atoms with Crippen LogP contribution in [-0.4, -0.2) is 23.9 Å². The molecule has 0 spiro atoms. The Morgan fingerprint density at radius 3 is 2.62 bits per heavy atom. The van der Waals surface area contributed by atoms with Gasteiger partial charge in [0.2, 0.25) is 0 Å². The summed E-state index contributed by atoms with van der Waals surface area (Å²) >= 11 is 0. The number of carbonyl (C=O) groups excluding carboxylic acids is 1. The van der Waals surface area contributed by atoms with Gasteiger partial charge in [-0.2, -0.15) is 0 Å². The van der Waals surface area contributed by atoms with E-state index in [2.05, 4.69) is 0 Å². The SMILES string of the molecule is CC(C1CC1)N(C)C(=O)c1ccccc1F. The van der Waals surface area contributed by atoms with E-state index in [0.717, 1.165) is 0 Å². The number of nitrogens with zero attached hydrogens (tertiary/aromatic N) is 1. The summed E-state index contributed by atoms with van der Waals surface area (Å²) in [5.74, 6) is -0.0689. The topological polar surface area (TPSA) is 20.3 Å². The van der Waals surface area contributed by atoms with E-state index in [9.17, 15) is 9.18 Å². The molecule has 2 rings (SSSR count). The average Bonchev–Trinajstić information content (AvgIpc) is 3.11. The summed E-state index contributed by atoms with van der Waals surface area (Å²) < 4.78 is 13.4. The molecule has 1 aliphatic carbocycles. The van der Waals surface area contributed by atoms with Crippen molar-refractivity contribution in [3.05, 3.63) is 35.6 Å². The zero-order valence-electron chi connectivity index (χ0n) is 9.61. The highest BCUT2D eigenvalue weighted by Gasteiger charge is 2.33. The van der Waals surface area contributed by atoms with Gasteiger partial charge in [-0.3, -0.25) is 4.79 Å². The first-order valence-corrected chi connectivity index (χ1v) is 5.63. The number of halogens is 1. The molecule has 1 aliphatic rings. The van der Waals surface area contributed by atoms with Crippen LogP contribution >= 0.6 is 0 Å². The quantitative estimate of drug-likeness (QED) is 0.768. The molecule has 0 saturated heterocycles. The van der Waals surface area contributed by atoms with Gasteiger partial charge in [-0.05, 0) is 37.8 Å². The molecule has 1 aromatic rings. The molecule has 1 saturated carbocycles. The van der Waals surface area contributed by atoms with Gasteiger partial charge < -0.3 is 4.90 Å². The lowest BCUT2D eigenvalue weighted by molar-refractivity contribution is 0.0722. The summed E-state index contributed by atoms with van der Waals surface area (Å²) in [4.78, 5) is 13.7. The van der Waals surface area contributed by atoms with Crippen LogP contribution in [0.5, 0.6) is 0 Å². The van der Waals surface area contributed by atoms with Gasteiger partial charge in [0, 0.05) is 13.1 Å². The Bertz CT molecular complexity index is 401. The highest BCUT2D eigenvalue weighted by Crippen LogP contribution is 2.35. The van der Waals surface area contributed by atoms with Gasteiger partial charge in [0.05, 0.1) is 5.56 Å². The average molecular weight is 221 g/mol. The van der Waals surface area contributed by atoms with E-state index in [0.29, 0.717) is 5.92 Å². The molecule has 0 bridgehead atoms. The lowest BCUT2D eigenvalue weighted by Gasteiger charge is -2.25. The van der Waals surface area contributed by atoms with Crippen LogP contribution in [0.15, 0.2) is 24.3 Å². The number of benzene rings is 1. The van der Waals surface area contributed by atoms with Gasteiger partial charge in [0.25, 0.3) is 5.91 Å². The standard InChI is InChI=1S/C13H16FNO/c1-9(10-7-8-10)15(2)13(16)11-5-3-4-6-12(11)14/h3-6,9-10H,7-8H2,1-2H3. The van der Waals surface area contributed by atoms with E-state index in [1.165, 1.54) is 25.0 Å². The van der Waals surface area contributed by atoms with Crippen LogP contribution in [0.1, 0.15) is 30.1 Å². The molecular formula is C13H16FNO. The van der Waals surface area contributed by atoms with E-state index in [1.54, 1.807) is 24.1 Å².